The number of fused-ring (bicyclic) bond motifs is 1. The van der Waals surface area contributed by atoms with E-state index in [0.717, 1.165) is 24.0 Å². The highest BCUT2D eigenvalue weighted by atomic mass is 19.2. The van der Waals surface area contributed by atoms with E-state index in [0.29, 0.717) is 5.92 Å². The van der Waals surface area contributed by atoms with Crippen molar-refractivity contribution in [1.82, 2.24) is 0 Å². The second-order valence-electron chi connectivity index (χ2n) is 5.36. The molecule has 0 amide bonds. The fourth-order valence-corrected chi connectivity index (χ4v) is 3.14. The Bertz CT molecular complexity index is 442. The molecule has 0 spiro atoms. The van der Waals surface area contributed by atoms with E-state index in [2.05, 4.69) is 20.8 Å². The first-order valence-electron chi connectivity index (χ1n) is 6.15. The van der Waals surface area contributed by atoms with Crippen molar-refractivity contribution in [2.45, 2.75) is 39.7 Å². The van der Waals surface area contributed by atoms with Crippen LogP contribution >= 0.6 is 0 Å². The van der Waals surface area contributed by atoms with Crippen LogP contribution < -0.4 is 5.73 Å². The van der Waals surface area contributed by atoms with Gasteiger partial charge in [-0.25, -0.2) is 8.78 Å². The minimum absolute atomic E-state index is 0.0669. The molecule has 2 N–H and O–H groups in total. The van der Waals surface area contributed by atoms with Gasteiger partial charge in [0.15, 0.2) is 11.6 Å². The minimum Gasteiger partial charge on any atom is -0.323 e. The summed E-state index contributed by atoms with van der Waals surface area (Å²) in [7, 11) is 0. The third kappa shape index (κ3) is 1.68. The van der Waals surface area contributed by atoms with Crippen LogP contribution in [-0.2, 0) is 6.42 Å². The number of benzene rings is 1. The lowest BCUT2D eigenvalue weighted by atomic mass is 9.70. The number of hydrogen-bond donors (Lipinski definition) is 1. The van der Waals surface area contributed by atoms with Crippen molar-refractivity contribution in [1.29, 1.82) is 0 Å². The highest BCUT2D eigenvalue weighted by Gasteiger charge is 2.45. The van der Waals surface area contributed by atoms with Crippen molar-refractivity contribution in [3.05, 3.63) is 34.9 Å². The minimum atomic E-state index is -0.796. The molecule has 17 heavy (non-hydrogen) atoms. The molecule has 0 radical (unpaired) electrons. The van der Waals surface area contributed by atoms with Gasteiger partial charge in [0, 0.05) is 6.04 Å². The van der Waals surface area contributed by atoms with E-state index in [4.69, 9.17) is 5.73 Å². The third-order valence-corrected chi connectivity index (χ3v) is 4.46. The quantitative estimate of drug-likeness (QED) is 0.838. The van der Waals surface area contributed by atoms with E-state index in [1.54, 1.807) is 0 Å². The molecule has 1 aliphatic rings. The maximum atomic E-state index is 13.3. The van der Waals surface area contributed by atoms with Crippen LogP contribution in [0.2, 0.25) is 0 Å². The Morgan fingerprint density at radius 3 is 2.47 bits per heavy atom. The third-order valence-electron chi connectivity index (χ3n) is 4.46. The van der Waals surface area contributed by atoms with Crippen LogP contribution in [-0.4, -0.2) is 0 Å². The molecule has 0 saturated carbocycles. The van der Waals surface area contributed by atoms with E-state index in [1.165, 1.54) is 12.1 Å². The van der Waals surface area contributed by atoms with Gasteiger partial charge in [-0.3, -0.25) is 0 Å². The maximum Gasteiger partial charge on any atom is 0.159 e. The lowest BCUT2D eigenvalue weighted by Gasteiger charge is -2.37. The molecule has 0 aromatic heterocycles. The molecule has 94 valence electrons. The summed E-state index contributed by atoms with van der Waals surface area (Å²) in [5.74, 6) is -1.18. The maximum absolute atomic E-state index is 13.3. The molecule has 1 unspecified atom stereocenters. The number of halogens is 2. The van der Waals surface area contributed by atoms with Crippen molar-refractivity contribution in [3.63, 3.8) is 0 Å². The van der Waals surface area contributed by atoms with Gasteiger partial charge in [0.2, 0.25) is 0 Å². The molecule has 1 aromatic rings. The molecule has 1 aromatic carbocycles. The Labute approximate surface area is 101 Å². The topological polar surface area (TPSA) is 26.0 Å². The normalized spacial score (nSPS) is 27.6. The van der Waals surface area contributed by atoms with Gasteiger partial charge in [-0.15, -0.1) is 0 Å². The van der Waals surface area contributed by atoms with E-state index >= 15 is 0 Å². The molecule has 1 aliphatic carbocycles. The fraction of sp³-hybridized carbons (Fsp3) is 0.571. The molecule has 3 heteroatoms. The van der Waals surface area contributed by atoms with Crippen LogP contribution in [0, 0.1) is 23.0 Å². The first-order chi connectivity index (χ1) is 7.92. The van der Waals surface area contributed by atoms with Crippen molar-refractivity contribution in [2.24, 2.45) is 17.1 Å². The van der Waals surface area contributed by atoms with Gasteiger partial charge < -0.3 is 5.73 Å². The summed E-state index contributed by atoms with van der Waals surface area (Å²) in [6.45, 7) is 6.35. The molecule has 2 rings (SSSR count). The number of rotatable bonds is 2. The average Bonchev–Trinajstić information content (AvgIpc) is 2.54. The Kier molecular flexibility index (Phi) is 2.98. The molecule has 0 aliphatic heterocycles. The Morgan fingerprint density at radius 1 is 1.35 bits per heavy atom. The molecular formula is C14H19F2N. The van der Waals surface area contributed by atoms with Crippen LogP contribution in [0.25, 0.3) is 0 Å². The monoisotopic (exact) mass is 239 g/mol. The van der Waals surface area contributed by atoms with E-state index in [9.17, 15) is 8.78 Å². The molecule has 0 saturated heterocycles. The Morgan fingerprint density at radius 2 is 1.94 bits per heavy atom. The standard InChI is InChI=1S/C14H19F2N/c1-4-14(8(2)3)7-9-5-11(15)12(16)6-10(9)13(14)17/h5-6,8,13H,4,7,17H2,1-3H3/t13-,14?/m1/s1. The largest absolute Gasteiger partial charge is 0.323 e. The van der Waals surface area contributed by atoms with Crippen molar-refractivity contribution < 1.29 is 8.78 Å². The van der Waals surface area contributed by atoms with Gasteiger partial charge in [0.1, 0.15) is 0 Å². The fourth-order valence-electron chi connectivity index (χ4n) is 3.14. The van der Waals surface area contributed by atoms with Gasteiger partial charge >= 0.3 is 0 Å². The van der Waals surface area contributed by atoms with Crippen LogP contribution in [0.1, 0.15) is 44.4 Å². The predicted molar refractivity (Wildman–Crippen MR) is 64.6 cm³/mol. The summed E-state index contributed by atoms with van der Waals surface area (Å²) in [4.78, 5) is 0. The van der Waals surface area contributed by atoms with Crippen molar-refractivity contribution in [2.75, 3.05) is 0 Å². The second kappa shape index (κ2) is 4.05. The zero-order chi connectivity index (χ0) is 12.8. The summed E-state index contributed by atoms with van der Waals surface area (Å²) in [5, 5.41) is 0. The average molecular weight is 239 g/mol. The highest BCUT2D eigenvalue weighted by molar-refractivity contribution is 5.39. The summed E-state index contributed by atoms with van der Waals surface area (Å²) < 4.78 is 26.5. The zero-order valence-corrected chi connectivity index (χ0v) is 10.6. The molecule has 1 nitrogen and oxygen atoms in total. The van der Waals surface area contributed by atoms with Gasteiger partial charge in [-0.05, 0) is 47.4 Å². The van der Waals surface area contributed by atoms with Crippen molar-refractivity contribution >= 4 is 0 Å². The van der Waals surface area contributed by atoms with E-state index < -0.39 is 11.6 Å². The predicted octanol–water partition coefficient (Wildman–Crippen LogP) is 3.57. The lowest BCUT2D eigenvalue weighted by Crippen LogP contribution is -2.35. The summed E-state index contributed by atoms with van der Waals surface area (Å²) in [6, 6.07) is 2.39. The lowest BCUT2D eigenvalue weighted by molar-refractivity contribution is 0.151. The molecular weight excluding hydrogens is 220 g/mol. The van der Waals surface area contributed by atoms with Crippen LogP contribution in [0.5, 0.6) is 0 Å². The molecule has 0 heterocycles. The second-order valence-corrected chi connectivity index (χ2v) is 5.36. The smallest absolute Gasteiger partial charge is 0.159 e. The molecule has 0 fully saturated rings. The van der Waals surface area contributed by atoms with E-state index in [1.807, 2.05) is 0 Å². The summed E-state index contributed by atoms with van der Waals surface area (Å²) in [5.41, 5.74) is 7.84. The van der Waals surface area contributed by atoms with Gasteiger partial charge in [0.05, 0.1) is 0 Å². The van der Waals surface area contributed by atoms with Crippen LogP contribution in [0.15, 0.2) is 12.1 Å². The summed E-state index contributed by atoms with van der Waals surface area (Å²) >= 11 is 0. The first kappa shape index (κ1) is 12.5. The molecule has 2 atom stereocenters. The SMILES string of the molecule is CCC1(C(C)C)Cc2cc(F)c(F)cc2[C@H]1N. The summed E-state index contributed by atoms with van der Waals surface area (Å²) in [6.07, 6.45) is 1.67. The van der Waals surface area contributed by atoms with Gasteiger partial charge in [0.25, 0.3) is 0 Å². The van der Waals surface area contributed by atoms with Crippen LogP contribution in [0.3, 0.4) is 0 Å². The Balaban J connectivity index is 2.51. The van der Waals surface area contributed by atoms with Crippen LogP contribution in [0.4, 0.5) is 8.78 Å². The van der Waals surface area contributed by atoms with Crippen molar-refractivity contribution in [3.8, 4) is 0 Å². The van der Waals surface area contributed by atoms with Gasteiger partial charge in [-0.2, -0.15) is 0 Å². The highest BCUT2D eigenvalue weighted by Crippen LogP contribution is 2.51. The zero-order valence-electron chi connectivity index (χ0n) is 10.6. The number of hydrogen-bond acceptors (Lipinski definition) is 1. The first-order valence-corrected chi connectivity index (χ1v) is 6.15. The molecule has 0 bridgehead atoms. The Hall–Kier alpha value is -0.960. The van der Waals surface area contributed by atoms with Gasteiger partial charge in [-0.1, -0.05) is 20.8 Å². The van der Waals surface area contributed by atoms with E-state index in [-0.39, 0.29) is 11.5 Å². The number of nitrogens with two attached hydrogens (primary N) is 1.